The van der Waals surface area contributed by atoms with Gasteiger partial charge in [-0.3, -0.25) is 4.79 Å². The maximum atomic E-state index is 13.4. The topological polar surface area (TPSA) is 77.6 Å². The molecule has 1 saturated carbocycles. The zero-order chi connectivity index (χ0) is 23.1. The van der Waals surface area contributed by atoms with Gasteiger partial charge in [0.15, 0.2) is 5.82 Å². The average molecular weight is 473 g/mol. The van der Waals surface area contributed by atoms with E-state index in [4.69, 9.17) is 16.7 Å². The van der Waals surface area contributed by atoms with Crippen molar-refractivity contribution in [2.75, 3.05) is 5.32 Å². The number of rotatable bonds is 5. The van der Waals surface area contributed by atoms with Crippen molar-refractivity contribution in [3.63, 3.8) is 0 Å². The van der Waals surface area contributed by atoms with E-state index in [0.717, 1.165) is 67.2 Å². The molecule has 0 spiro atoms. The Bertz CT molecular complexity index is 1360. The molecular formula is C26H25ClN6O. The van der Waals surface area contributed by atoms with Gasteiger partial charge in [0.2, 0.25) is 0 Å². The number of hydrogen-bond acceptors (Lipinski definition) is 4. The second-order valence-electron chi connectivity index (χ2n) is 9.03. The number of hydrogen-bond donors (Lipinski definition) is 1. The van der Waals surface area contributed by atoms with Crippen molar-refractivity contribution in [3.8, 4) is 17.1 Å². The molecule has 0 radical (unpaired) electrons. The van der Waals surface area contributed by atoms with Crippen LogP contribution in [0, 0.1) is 0 Å². The van der Waals surface area contributed by atoms with Crippen LogP contribution in [0.5, 0.6) is 0 Å². The van der Waals surface area contributed by atoms with Crippen LogP contribution in [0.15, 0.2) is 54.6 Å². The lowest BCUT2D eigenvalue weighted by Gasteiger charge is -2.12. The van der Waals surface area contributed by atoms with Crippen molar-refractivity contribution in [2.45, 2.75) is 51.0 Å². The van der Waals surface area contributed by atoms with Gasteiger partial charge in [0.1, 0.15) is 11.5 Å². The fraction of sp³-hybridized carbons (Fsp3) is 0.308. The monoisotopic (exact) mass is 472 g/mol. The quantitative estimate of drug-likeness (QED) is 0.407. The van der Waals surface area contributed by atoms with Crippen LogP contribution in [0.2, 0.25) is 5.02 Å². The number of benzene rings is 2. The molecule has 0 unspecified atom stereocenters. The van der Waals surface area contributed by atoms with E-state index in [1.807, 2.05) is 48.5 Å². The Kier molecular flexibility index (Phi) is 5.41. The minimum Gasteiger partial charge on any atom is -0.321 e. The Morgan fingerprint density at radius 2 is 1.85 bits per heavy atom. The Hall–Kier alpha value is -3.45. The van der Waals surface area contributed by atoms with Crippen LogP contribution in [0.25, 0.3) is 17.1 Å². The highest BCUT2D eigenvalue weighted by Crippen LogP contribution is 2.40. The third kappa shape index (κ3) is 4.01. The van der Waals surface area contributed by atoms with Gasteiger partial charge < -0.3 is 9.88 Å². The van der Waals surface area contributed by atoms with Crippen LogP contribution < -0.4 is 5.32 Å². The van der Waals surface area contributed by atoms with Crippen LogP contribution in [0.3, 0.4) is 0 Å². The van der Waals surface area contributed by atoms with Gasteiger partial charge in [0.25, 0.3) is 5.91 Å². The van der Waals surface area contributed by atoms with Gasteiger partial charge in [-0.1, -0.05) is 36.2 Å². The number of anilines is 1. The van der Waals surface area contributed by atoms with Crippen molar-refractivity contribution in [1.82, 2.24) is 24.5 Å². The Morgan fingerprint density at radius 1 is 1.00 bits per heavy atom. The molecule has 1 N–H and O–H groups in total. The number of nitrogens with one attached hydrogen (secondary N) is 1. The number of halogens is 1. The second kappa shape index (κ2) is 8.72. The molecule has 3 heterocycles. The van der Waals surface area contributed by atoms with Gasteiger partial charge in [0.05, 0.1) is 16.4 Å². The minimum absolute atomic E-state index is 0.211. The Labute approximate surface area is 202 Å². The van der Waals surface area contributed by atoms with Crippen molar-refractivity contribution in [2.24, 2.45) is 0 Å². The summed E-state index contributed by atoms with van der Waals surface area (Å²) in [6.45, 7) is 0.880. The molecule has 34 heavy (non-hydrogen) atoms. The third-order valence-corrected chi connectivity index (χ3v) is 6.86. The predicted molar refractivity (Wildman–Crippen MR) is 132 cm³/mol. The van der Waals surface area contributed by atoms with Crippen molar-refractivity contribution in [1.29, 1.82) is 0 Å². The maximum Gasteiger partial charge on any atom is 0.274 e. The zero-order valence-corrected chi connectivity index (χ0v) is 19.5. The highest BCUT2D eigenvalue weighted by atomic mass is 35.5. The van der Waals surface area contributed by atoms with E-state index in [1.54, 1.807) is 10.7 Å². The zero-order valence-electron chi connectivity index (χ0n) is 18.7. The fourth-order valence-corrected chi connectivity index (χ4v) is 4.76. The summed E-state index contributed by atoms with van der Waals surface area (Å²) >= 11 is 6.57. The van der Waals surface area contributed by atoms with Crippen LogP contribution in [0.4, 0.5) is 5.69 Å². The lowest BCUT2D eigenvalue weighted by molar-refractivity contribution is 0.101. The number of fused-ring (bicyclic) bond motifs is 1. The average Bonchev–Trinajstić information content (AvgIpc) is 3.56. The van der Waals surface area contributed by atoms with Crippen molar-refractivity contribution >= 4 is 23.2 Å². The summed E-state index contributed by atoms with van der Waals surface area (Å²) in [6, 6.07) is 17.2. The fourth-order valence-electron chi connectivity index (χ4n) is 4.56. The summed E-state index contributed by atoms with van der Waals surface area (Å²) in [5.74, 6) is 1.99. The molecule has 2 aromatic carbocycles. The summed E-state index contributed by atoms with van der Waals surface area (Å²) in [7, 11) is 0. The van der Waals surface area contributed by atoms with Crippen LogP contribution in [0.1, 0.15) is 60.0 Å². The molecule has 2 aromatic heterocycles. The third-order valence-electron chi connectivity index (χ3n) is 6.53. The van der Waals surface area contributed by atoms with Crippen molar-refractivity contribution in [3.05, 3.63) is 76.8 Å². The van der Waals surface area contributed by atoms with Gasteiger partial charge in [-0.25, -0.2) is 4.68 Å². The van der Waals surface area contributed by atoms with Gasteiger partial charge >= 0.3 is 0 Å². The van der Waals surface area contributed by atoms with Gasteiger partial charge in [-0.15, -0.1) is 10.2 Å². The predicted octanol–water partition coefficient (Wildman–Crippen LogP) is 5.64. The smallest absolute Gasteiger partial charge is 0.274 e. The highest BCUT2D eigenvalue weighted by Gasteiger charge is 2.29. The molecule has 0 saturated heterocycles. The summed E-state index contributed by atoms with van der Waals surface area (Å²) < 4.78 is 3.89. The summed E-state index contributed by atoms with van der Waals surface area (Å²) in [4.78, 5) is 13.4. The molecule has 1 fully saturated rings. The first kappa shape index (κ1) is 21.1. The minimum atomic E-state index is -0.211. The molecule has 4 aromatic rings. The molecule has 1 amide bonds. The van der Waals surface area contributed by atoms with E-state index in [-0.39, 0.29) is 5.91 Å². The maximum absolute atomic E-state index is 13.4. The SMILES string of the molecule is O=C(Nc1ccc(Cl)c(-c2nnc3n2CCCCC3)c1)c1cc(C2CC2)nn1-c1ccccc1. The van der Waals surface area contributed by atoms with E-state index in [0.29, 0.717) is 22.3 Å². The second-order valence-corrected chi connectivity index (χ2v) is 9.43. The molecule has 6 rings (SSSR count). The summed E-state index contributed by atoms with van der Waals surface area (Å²) in [5, 5.41) is 17.2. The molecule has 1 aliphatic heterocycles. The standard InChI is InChI=1S/C26H25ClN6O/c27-21-13-12-18(15-20(21)25-30-29-24-9-5-2-6-14-32(24)25)28-26(34)23-16-22(17-10-11-17)31-33(23)19-7-3-1-4-8-19/h1,3-4,7-8,12-13,15-17H,2,5-6,9-11,14H2,(H,28,34). The Morgan fingerprint density at radius 3 is 2.68 bits per heavy atom. The molecule has 8 heteroatoms. The molecule has 1 aliphatic carbocycles. The van der Waals surface area contributed by atoms with Crippen LogP contribution >= 0.6 is 11.6 Å². The first-order valence-electron chi connectivity index (χ1n) is 11.9. The molecule has 0 bridgehead atoms. The van der Waals surface area contributed by atoms with Crippen molar-refractivity contribution < 1.29 is 4.79 Å². The molecular weight excluding hydrogens is 448 g/mol. The van der Waals surface area contributed by atoms with Crippen LogP contribution in [-0.4, -0.2) is 30.5 Å². The molecule has 172 valence electrons. The molecule has 0 atom stereocenters. The normalized spacial score (nSPS) is 15.6. The summed E-state index contributed by atoms with van der Waals surface area (Å²) in [6.07, 6.45) is 6.57. The van der Waals surface area contributed by atoms with Crippen LogP contribution in [-0.2, 0) is 13.0 Å². The Balaban J connectivity index is 1.32. The largest absolute Gasteiger partial charge is 0.321 e. The number of amides is 1. The number of carbonyl (C=O) groups excluding carboxylic acids is 1. The number of carbonyl (C=O) groups is 1. The van der Waals surface area contributed by atoms with Gasteiger partial charge in [-0.2, -0.15) is 5.10 Å². The first-order valence-corrected chi connectivity index (χ1v) is 12.2. The van der Waals surface area contributed by atoms with Gasteiger partial charge in [0, 0.05) is 30.1 Å². The molecule has 2 aliphatic rings. The number of para-hydroxylation sites is 1. The van der Waals surface area contributed by atoms with E-state index in [9.17, 15) is 4.79 Å². The van der Waals surface area contributed by atoms with E-state index < -0.39 is 0 Å². The highest BCUT2D eigenvalue weighted by molar-refractivity contribution is 6.33. The van der Waals surface area contributed by atoms with Gasteiger partial charge in [-0.05, 0) is 62.1 Å². The lowest BCUT2D eigenvalue weighted by atomic mass is 10.1. The number of aromatic nitrogens is 5. The first-order chi connectivity index (χ1) is 16.7. The van der Waals surface area contributed by atoms with E-state index in [2.05, 4.69) is 20.1 Å². The number of aryl methyl sites for hydroxylation is 1. The number of nitrogens with zero attached hydrogens (tertiary/aromatic N) is 5. The summed E-state index contributed by atoms with van der Waals surface area (Å²) in [5.41, 5.74) is 3.78. The lowest BCUT2D eigenvalue weighted by Crippen LogP contribution is -2.17. The molecule has 7 nitrogen and oxygen atoms in total. The van der Waals surface area contributed by atoms with E-state index in [1.165, 1.54) is 6.42 Å². The van der Waals surface area contributed by atoms with E-state index >= 15 is 0 Å².